The number of amides is 1. The maximum Gasteiger partial charge on any atom is 0.240 e. The van der Waals surface area contributed by atoms with Crippen LogP contribution in [-0.4, -0.2) is 44.8 Å². The number of hydrogen-bond acceptors (Lipinski definition) is 4. The Morgan fingerprint density at radius 2 is 1.95 bits per heavy atom. The molecule has 1 atom stereocenters. The lowest BCUT2D eigenvalue weighted by molar-refractivity contribution is -0.132. The van der Waals surface area contributed by atoms with E-state index in [1.807, 2.05) is 36.4 Å². The molecule has 0 aliphatic rings. The van der Waals surface area contributed by atoms with Crippen molar-refractivity contribution in [3.8, 4) is 6.07 Å². The Hall–Kier alpha value is -1.87. The van der Waals surface area contributed by atoms with Crippen molar-refractivity contribution in [1.29, 1.82) is 5.26 Å². The van der Waals surface area contributed by atoms with Gasteiger partial charge >= 0.3 is 0 Å². The molecule has 0 saturated heterocycles. The topological polar surface area (TPSA) is 78.2 Å². The van der Waals surface area contributed by atoms with Crippen LogP contribution in [-0.2, 0) is 21.1 Å². The molecule has 0 fully saturated rings. The van der Waals surface area contributed by atoms with Gasteiger partial charge in [0.25, 0.3) is 0 Å². The Morgan fingerprint density at radius 3 is 2.45 bits per heavy atom. The van der Waals surface area contributed by atoms with Gasteiger partial charge in [-0.3, -0.25) is 4.79 Å². The van der Waals surface area contributed by atoms with E-state index in [1.165, 1.54) is 11.9 Å². The highest BCUT2D eigenvalue weighted by Crippen LogP contribution is 2.10. The second-order valence-corrected chi connectivity index (χ2v) is 7.02. The molecule has 0 saturated carbocycles. The Kier molecular flexibility index (Phi) is 5.71. The molecule has 1 unspecified atom stereocenters. The average Bonchev–Trinajstić information content (AvgIpc) is 2.41. The molecular formula is C14H18N2O3S. The summed E-state index contributed by atoms with van der Waals surface area (Å²) in [4.78, 5) is 13.4. The van der Waals surface area contributed by atoms with Crippen LogP contribution >= 0.6 is 0 Å². The number of sulfone groups is 1. The van der Waals surface area contributed by atoms with E-state index < -0.39 is 15.8 Å². The van der Waals surface area contributed by atoms with Crippen molar-refractivity contribution in [2.45, 2.75) is 6.42 Å². The zero-order chi connectivity index (χ0) is 15.2. The minimum absolute atomic E-state index is 0.0985. The number of carbonyl (C=O) groups excluding carboxylic acids is 1. The summed E-state index contributed by atoms with van der Waals surface area (Å²) in [6, 6.07) is 11.3. The van der Waals surface area contributed by atoms with E-state index in [4.69, 9.17) is 5.26 Å². The first-order valence-electron chi connectivity index (χ1n) is 6.19. The van der Waals surface area contributed by atoms with Crippen molar-refractivity contribution in [1.82, 2.24) is 4.90 Å². The second kappa shape index (κ2) is 7.06. The molecule has 1 aromatic rings. The van der Waals surface area contributed by atoms with Gasteiger partial charge in [-0.25, -0.2) is 8.42 Å². The van der Waals surface area contributed by atoms with Crippen molar-refractivity contribution in [2.24, 2.45) is 5.92 Å². The SMILES string of the molecule is CN(CCS(C)(=O)=O)C(=O)C(C#N)Cc1ccccc1. The molecule has 20 heavy (non-hydrogen) atoms. The highest BCUT2D eigenvalue weighted by atomic mass is 32.2. The summed E-state index contributed by atoms with van der Waals surface area (Å²) in [7, 11) is -1.60. The summed E-state index contributed by atoms with van der Waals surface area (Å²) in [5.41, 5.74) is 0.906. The number of carbonyl (C=O) groups is 1. The molecule has 1 amide bonds. The zero-order valence-corrected chi connectivity index (χ0v) is 12.4. The van der Waals surface area contributed by atoms with E-state index in [0.717, 1.165) is 11.8 Å². The minimum atomic E-state index is -3.12. The number of rotatable bonds is 6. The van der Waals surface area contributed by atoms with Crippen LogP contribution in [0.3, 0.4) is 0 Å². The predicted octanol–water partition coefficient (Wildman–Crippen LogP) is 0.872. The van der Waals surface area contributed by atoms with Crippen LogP contribution in [0.5, 0.6) is 0 Å². The molecule has 108 valence electrons. The third kappa shape index (κ3) is 5.41. The predicted molar refractivity (Wildman–Crippen MR) is 76.6 cm³/mol. The number of nitriles is 1. The maximum atomic E-state index is 12.1. The van der Waals surface area contributed by atoms with Gasteiger partial charge in [-0.15, -0.1) is 0 Å². The van der Waals surface area contributed by atoms with Crippen LogP contribution in [0.4, 0.5) is 0 Å². The van der Waals surface area contributed by atoms with Crippen LogP contribution in [0.25, 0.3) is 0 Å². The molecule has 1 aromatic carbocycles. The molecule has 0 aliphatic heterocycles. The van der Waals surface area contributed by atoms with Crippen LogP contribution in [0.15, 0.2) is 30.3 Å². The second-order valence-electron chi connectivity index (χ2n) is 4.76. The van der Waals surface area contributed by atoms with Gasteiger partial charge in [-0.1, -0.05) is 30.3 Å². The molecule has 6 heteroatoms. The number of benzene rings is 1. The standard InChI is InChI=1S/C14H18N2O3S/c1-16(8-9-20(2,18)19)14(17)13(11-15)10-12-6-4-3-5-7-12/h3-7,13H,8-10H2,1-2H3. The summed E-state index contributed by atoms with van der Waals surface area (Å²) in [5.74, 6) is -1.24. The summed E-state index contributed by atoms with van der Waals surface area (Å²) in [6.07, 6.45) is 1.45. The van der Waals surface area contributed by atoms with Gasteiger partial charge < -0.3 is 4.90 Å². The number of nitrogens with zero attached hydrogens (tertiary/aromatic N) is 2. The van der Waals surface area contributed by atoms with Crippen molar-refractivity contribution in [3.63, 3.8) is 0 Å². The van der Waals surface area contributed by atoms with Crippen LogP contribution < -0.4 is 0 Å². The summed E-state index contributed by atoms with van der Waals surface area (Å²) in [5, 5.41) is 9.12. The molecule has 0 heterocycles. The molecule has 0 aliphatic carbocycles. The van der Waals surface area contributed by atoms with Crippen molar-refractivity contribution >= 4 is 15.7 Å². The molecule has 5 nitrogen and oxygen atoms in total. The summed E-state index contributed by atoms with van der Waals surface area (Å²) < 4.78 is 22.2. The van der Waals surface area contributed by atoms with Gasteiger partial charge in [0.15, 0.2) is 0 Å². The monoisotopic (exact) mass is 294 g/mol. The first-order valence-corrected chi connectivity index (χ1v) is 8.26. The van der Waals surface area contributed by atoms with Gasteiger partial charge in [-0.05, 0) is 12.0 Å². The fraction of sp³-hybridized carbons (Fsp3) is 0.429. The largest absolute Gasteiger partial charge is 0.344 e. The molecule has 0 spiro atoms. The lowest BCUT2D eigenvalue weighted by atomic mass is 9.99. The third-order valence-electron chi connectivity index (χ3n) is 2.91. The van der Waals surface area contributed by atoms with E-state index in [0.29, 0.717) is 6.42 Å². The van der Waals surface area contributed by atoms with Crippen molar-refractivity contribution in [2.75, 3.05) is 25.6 Å². The van der Waals surface area contributed by atoms with E-state index in [9.17, 15) is 13.2 Å². The fourth-order valence-electron chi connectivity index (χ4n) is 1.72. The van der Waals surface area contributed by atoms with Gasteiger partial charge in [0, 0.05) is 19.8 Å². The molecule has 0 radical (unpaired) electrons. The number of hydrogen-bond donors (Lipinski definition) is 0. The fourth-order valence-corrected chi connectivity index (χ4v) is 2.32. The van der Waals surface area contributed by atoms with E-state index >= 15 is 0 Å². The van der Waals surface area contributed by atoms with Gasteiger partial charge in [0.2, 0.25) is 5.91 Å². The molecular weight excluding hydrogens is 276 g/mol. The molecule has 0 N–H and O–H groups in total. The van der Waals surface area contributed by atoms with Gasteiger partial charge in [-0.2, -0.15) is 5.26 Å². The normalized spacial score (nSPS) is 12.4. The highest BCUT2D eigenvalue weighted by molar-refractivity contribution is 7.90. The van der Waals surface area contributed by atoms with Crippen LogP contribution in [0, 0.1) is 17.2 Å². The Morgan fingerprint density at radius 1 is 1.35 bits per heavy atom. The maximum absolute atomic E-state index is 12.1. The van der Waals surface area contributed by atoms with Gasteiger partial charge in [0.05, 0.1) is 11.8 Å². The van der Waals surface area contributed by atoms with E-state index in [1.54, 1.807) is 0 Å². The molecule has 1 rings (SSSR count). The highest BCUT2D eigenvalue weighted by Gasteiger charge is 2.22. The van der Waals surface area contributed by atoms with Gasteiger partial charge in [0.1, 0.15) is 15.8 Å². The van der Waals surface area contributed by atoms with Crippen molar-refractivity contribution < 1.29 is 13.2 Å². The molecule has 0 bridgehead atoms. The van der Waals surface area contributed by atoms with Crippen LogP contribution in [0.2, 0.25) is 0 Å². The quantitative estimate of drug-likeness (QED) is 0.780. The van der Waals surface area contributed by atoms with E-state index in [2.05, 4.69) is 0 Å². The van der Waals surface area contributed by atoms with Crippen molar-refractivity contribution in [3.05, 3.63) is 35.9 Å². The lowest BCUT2D eigenvalue weighted by Gasteiger charge is -2.19. The zero-order valence-electron chi connectivity index (χ0n) is 11.6. The lowest BCUT2D eigenvalue weighted by Crippen LogP contribution is -2.36. The van der Waals surface area contributed by atoms with E-state index in [-0.39, 0.29) is 18.2 Å². The molecule has 0 aromatic heterocycles. The minimum Gasteiger partial charge on any atom is -0.344 e. The summed E-state index contributed by atoms with van der Waals surface area (Å²) >= 11 is 0. The first kappa shape index (κ1) is 16.2. The smallest absolute Gasteiger partial charge is 0.240 e. The third-order valence-corrected chi connectivity index (χ3v) is 3.83. The average molecular weight is 294 g/mol. The first-order chi connectivity index (χ1) is 9.33. The van der Waals surface area contributed by atoms with Crippen LogP contribution in [0.1, 0.15) is 5.56 Å². The Labute approximate surface area is 119 Å². The Bertz CT molecular complexity index is 591. The summed E-state index contributed by atoms with van der Waals surface area (Å²) in [6.45, 7) is 0.102. The Balaban J connectivity index is 2.65.